The van der Waals surface area contributed by atoms with Gasteiger partial charge < -0.3 is 19.9 Å². The first-order chi connectivity index (χ1) is 25.4. The Bertz CT molecular complexity index is 1800. The van der Waals surface area contributed by atoms with E-state index in [0.717, 1.165) is 90.6 Å². The SMILES string of the molecule is C=CCCCCOC(C(=O)N1CCCC1C(=O)NC1CC1)C(C)C.Cc1ccc2c(=O)cc(-c3nc(C(C)C)cs3)[nH]c2c1C.O=CNS(=O)C1CC1. The Morgan fingerprint density at radius 2 is 1.87 bits per heavy atom. The van der Waals surface area contributed by atoms with Crippen LogP contribution in [0.4, 0.5) is 0 Å². The number of aryl methyl sites for hydroxylation is 2. The minimum Gasteiger partial charge on any atom is -0.368 e. The van der Waals surface area contributed by atoms with E-state index >= 15 is 0 Å². The predicted octanol–water partition coefficient (Wildman–Crippen LogP) is 6.60. The molecule has 6 rings (SSSR count). The molecule has 3 atom stereocenters. The lowest BCUT2D eigenvalue weighted by molar-refractivity contribution is -0.150. The van der Waals surface area contributed by atoms with Crippen LogP contribution in [-0.2, 0) is 30.1 Å². The lowest BCUT2D eigenvalue weighted by Gasteiger charge is -2.30. The van der Waals surface area contributed by atoms with Gasteiger partial charge in [-0.15, -0.1) is 17.9 Å². The normalized spacial score (nSPS) is 17.7. The quantitative estimate of drug-likeness (QED) is 0.0896. The van der Waals surface area contributed by atoms with Crippen LogP contribution in [0.1, 0.15) is 108 Å². The highest BCUT2D eigenvalue weighted by atomic mass is 32.2. The summed E-state index contributed by atoms with van der Waals surface area (Å²) >= 11 is 1.58. The molecular weight excluding hydrogens is 711 g/mol. The molecular formula is C40H57N5O6S2. The molecule has 3 N–H and O–H groups in total. The maximum absolute atomic E-state index is 12.9. The first-order valence-corrected chi connectivity index (χ1v) is 21.0. The van der Waals surface area contributed by atoms with Crippen molar-refractivity contribution in [3.8, 4) is 10.7 Å². The zero-order chi connectivity index (χ0) is 38.7. The molecule has 3 fully saturated rings. The minimum absolute atomic E-state index is 0.0110. The highest BCUT2D eigenvalue weighted by Crippen LogP contribution is 2.28. The second-order valence-corrected chi connectivity index (χ2v) is 17.1. The van der Waals surface area contributed by atoms with Crippen molar-refractivity contribution < 1.29 is 23.3 Å². The number of aromatic nitrogens is 2. The molecule has 3 heterocycles. The fourth-order valence-corrected chi connectivity index (χ4v) is 7.72. The zero-order valence-electron chi connectivity index (χ0n) is 32.1. The predicted molar refractivity (Wildman–Crippen MR) is 214 cm³/mol. The van der Waals surface area contributed by atoms with Crippen molar-refractivity contribution in [2.75, 3.05) is 13.2 Å². The van der Waals surface area contributed by atoms with E-state index in [1.165, 1.54) is 5.56 Å². The van der Waals surface area contributed by atoms with Gasteiger partial charge in [0.05, 0.1) is 22.2 Å². The molecule has 53 heavy (non-hydrogen) atoms. The maximum atomic E-state index is 12.9. The topological polar surface area (TPSA) is 151 Å². The Morgan fingerprint density at radius 3 is 2.47 bits per heavy atom. The summed E-state index contributed by atoms with van der Waals surface area (Å²) in [6.07, 6.45) is 10.6. The van der Waals surface area contributed by atoms with Gasteiger partial charge in [-0.05, 0) is 101 Å². The van der Waals surface area contributed by atoms with Crippen LogP contribution in [0.3, 0.4) is 0 Å². The average molecular weight is 768 g/mol. The van der Waals surface area contributed by atoms with Crippen LogP contribution >= 0.6 is 11.3 Å². The van der Waals surface area contributed by atoms with Crippen molar-refractivity contribution >= 4 is 51.4 Å². The fraction of sp³-hybridized carbons (Fsp3) is 0.575. The number of carbonyl (C=O) groups is 3. The van der Waals surface area contributed by atoms with E-state index in [4.69, 9.17) is 4.74 Å². The average Bonchev–Trinajstić information content (AvgIpc) is 4.04. The number of fused-ring (bicyclic) bond motifs is 1. The number of pyridine rings is 1. The molecule has 0 spiro atoms. The Balaban J connectivity index is 0.000000197. The number of thiazole rings is 1. The molecule has 11 nitrogen and oxygen atoms in total. The number of likely N-dealkylation sites (tertiary alicyclic amines) is 1. The van der Waals surface area contributed by atoms with Crippen molar-refractivity contribution in [2.45, 2.75) is 129 Å². The molecule has 2 aliphatic carbocycles. The molecule has 2 aromatic heterocycles. The van der Waals surface area contributed by atoms with E-state index in [2.05, 4.69) is 52.7 Å². The molecule has 13 heteroatoms. The van der Waals surface area contributed by atoms with Crippen molar-refractivity contribution in [3.05, 3.63) is 63.3 Å². The van der Waals surface area contributed by atoms with Gasteiger partial charge in [0.15, 0.2) is 5.43 Å². The van der Waals surface area contributed by atoms with Crippen LogP contribution in [0.2, 0.25) is 0 Å². The molecule has 3 unspecified atom stereocenters. The van der Waals surface area contributed by atoms with Gasteiger partial charge in [0.2, 0.25) is 12.3 Å². The number of hydrogen-bond donors (Lipinski definition) is 3. The summed E-state index contributed by atoms with van der Waals surface area (Å²) < 4.78 is 18.7. The second kappa shape index (κ2) is 20.1. The van der Waals surface area contributed by atoms with Gasteiger partial charge in [0, 0.05) is 36.0 Å². The fourth-order valence-electron chi connectivity index (χ4n) is 5.92. The summed E-state index contributed by atoms with van der Waals surface area (Å²) in [5, 5.41) is 6.96. The van der Waals surface area contributed by atoms with E-state index < -0.39 is 17.1 Å². The third-order valence-corrected chi connectivity index (χ3v) is 11.9. The number of unbranched alkanes of at least 4 members (excludes halogenated alkanes) is 2. The van der Waals surface area contributed by atoms with E-state index in [1.54, 1.807) is 22.3 Å². The number of aromatic amines is 1. The summed E-state index contributed by atoms with van der Waals surface area (Å²) in [6, 6.07) is 5.55. The van der Waals surface area contributed by atoms with Gasteiger partial charge in [-0.1, -0.05) is 39.8 Å². The van der Waals surface area contributed by atoms with Crippen LogP contribution in [0.15, 0.2) is 41.0 Å². The lowest BCUT2D eigenvalue weighted by atomic mass is 10.0. The smallest absolute Gasteiger partial charge is 0.252 e. The van der Waals surface area contributed by atoms with Crippen LogP contribution < -0.4 is 15.5 Å². The number of amides is 3. The van der Waals surface area contributed by atoms with Crippen LogP contribution in [0.5, 0.6) is 0 Å². The number of nitrogens with zero attached hydrogens (tertiary/aromatic N) is 2. The Hall–Kier alpha value is -3.68. The van der Waals surface area contributed by atoms with E-state index in [0.29, 0.717) is 31.5 Å². The summed E-state index contributed by atoms with van der Waals surface area (Å²) in [7, 11) is -1.08. The van der Waals surface area contributed by atoms with Crippen molar-refractivity contribution in [1.29, 1.82) is 0 Å². The van der Waals surface area contributed by atoms with Gasteiger partial charge in [-0.2, -0.15) is 0 Å². The molecule has 0 bridgehead atoms. The van der Waals surface area contributed by atoms with Crippen molar-refractivity contribution in [3.63, 3.8) is 0 Å². The minimum atomic E-state index is -1.08. The lowest BCUT2D eigenvalue weighted by Crippen LogP contribution is -2.51. The molecule has 2 saturated carbocycles. The van der Waals surface area contributed by atoms with E-state index in [1.807, 2.05) is 39.0 Å². The van der Waals surface area contributed by atoms with Gasteiger partial charge in [-0.25, -0.2) is 9.19 Å². The summed E-state index contributed by atoms with van der Waals surface area (Å²) in [5.74, 6) is 0.481. The zero-order valence-corrected chi connectivity index (χ0v) is 33.7. The van der Waals surface area contributed by atoms with Gasteiger partial charge in [0.1, 0.15) is 28.1 Å². The largest absolute Gasteiger partial charge is 0.368 e. The first kappa shape index (κ1) is 42.1. The molecule has 3 amide bonds. The third kappa shape index (κ3) is 12.2. The maximum Gasteiger partial charge on any atom is 0.252 e. The van der Waals surface area contributed by atoms with Crippen LogP contribution in [0, 0.1) is 19.8 Å². The molecule has 1 aliphatic heterocycles. The Morgan fingerprint density at radius 1 is 1.13 bits per heavy atom. The molecule has 1 aromatic carbocycles. The molecule has 3 aromatic rings. The molecule has 290 valence electrons. The van der Waals surface area contributed by atoms with Crippen LogP contribution in [0.25, 0.3) is 21.6 Å². The third-order valence-electron chi connectivity index (χ3n) is 9.58. The van der Waals surface area contributed by atoms with Crippen molar-refractivity contribution in [1.82, 2.24) is 24.9 Å². The van der Waals surface area contributed by atoms with E-state index in [9.17, 15) is 23.4 Å². The number of carbonyl (C=O) groups excluding carboxylic acids is 3. The first-order valence-electron chi connectivity index (χ1n) is 18.9. The standard InChI is InChI=1S/C19H32N2O3.C17H18N2OS.C4H7NO2S/c1-4-5-6-7-13-24-17(14(2)3)19(23)21-12-8-9-16(21)18(22)20-15-10-11-15;1-9(2)14-8-21-17(19-14)13-7-15(20)12-6-5-10(3)11(4)16(12)18-13;6-3-5-8(7)4-1-2-4/h4,14-17H,1,5-13H2,2-3H3,(H,20,22);5-9H,1-4H3,(H,18,20);3-4H,1-2H2,(H,5,6). The van der Waals surface area contributed by atoms with Gasteiger partial charge >= 0.3 is 0 Å². The summed E-state index contributed by atoms with van der Waals surface area (Å²) in [6.45, 7) is 17.3. The number of H-pyrrole nitrogens is 1. The van der Waals surface area contributed by atoms with Gasteiger partial charge in [0.25, 0.3) is 5.91 Å². The Labute approximate surface area is 320 Å². The number of benzene rings is 1. The van der Waals surface area contributed by atoms with Crippen LogP contribution in [-0.4, -0.2) is 73.9 Å². The monoisotopic (exact) mass is 767 g/mol. The number of ether oxygens (including phenoxy) is 1. The Kier molecular flexibility index (Phi) is 16.0. The number of hydrogen-bond acceptors (Lipinski definition) is 8. The highest BCUT2D eigenvalue weighted by molar-refractivity contribution is 7.84. The number of rotatable bonds is 15. The second-order valence-electron chi connectivity index (χ2n) is 14.7. The van der Waals surface area contributed by atoms with Gasteiger partial charge in [-0.3, -0.25) is 23.9 Å². The summed E-state index contributed by atoms with van der Waals surface area (Å²) in [5.41, 5.74) is 5.13. The molecule has 3 aliphatic rings. The van der Waals surface area contributed by atoms with Crippen molar-refractivity contribution in [2.24, 2.45) is 5.92 Å². The molecule has 1 saturated heterocycles. The highest BCUT2D eigenvalue weighted by Gasteiger charge is 2.39. The number of allylic oxidation sites excluding steroid dienone is 1. The number of nitrogens with one attached hydrogen (secondary N) is 3. The van der Waals surface area contributed by atoms with E-state index in [-0.39, 0.29) is 34.5 Å². The summed E-state index contributed by atoms with van der Waals surface area (Å²) in [4.78, 5) is 57.0. The molecule has 0 radical (unpaired) electrons.